The molecule has 0 radical (unpaired) electrons. The minimum absolute atomic E-state index is 0.115. The maximum atomic E-state index is 14.7. The van der Waals surface area contributed by atoms with Crippen molar-refractivity contribution < 1.29 is 24.2 Å². The third kappa shape index (κ3) is 5.51. The van der Waals surface area contributed by atoms with E-state index in [-0.39, 0.29) is 44.1 Å². The summed E-state index contributed by atoms with van der Waals surface area (Å²) in [6, 6.07) is 16.0. The van der Waals surface area contributed by atoms with Crippen LogP contribution < -0.4 is 4.90 Å². The van der Waals surface area contributed by atoms with Crippen molar-refractivity contribution in [3.8, 4) is 0 Å². The fourth-order valence-corrected chi connectivity index (χ4v) is 7.67. The third-order valence-corrected chi connectivity index (χ3v) is 9.66. The van der Waals surface area contributed by atoms with Crippen LogP contribution >= 0.6 is 0 Å². The number of hydrogen-bond donors (Lipinski definition) is 1. The number of hydrogen-bond acceptors (Lipinski definition) is 7. The maximum Gasteiger partial charge on any atom is 0.250 e. The molecule has 5 atom stereocenters. The van der Waals surface area contributed by atoms with Crippen molar-refractivity contribution in [1.29, 1.82) is 0 Å². The first-order valence-electron chi connectivity index (χ1n) is 16.2. The Labute approximate surface area is 269 Å². The number of benzene rings is 2. The van der Waals surface area contributed by atoms with Crippen molar-refractivity contribution in [3.05, 3.63) is 79.9 Å². The second kappa shape index (κ2) is 13.6. The number of amides is 3. The summed E-state index contributed by atoms with van der Waals surface area (Å²) in [5.74, 6) is -2.16. The van der Waals surface area contributed by atoms with E-state index in [0.29, 0.717) is 37.7 Å². The van der Waals surface area contributed by atoms with Crippen LogP contribution in [-0.2, 0) is 25.8 Å². The molecule has 2 aromatic carbocycles. The summed E-state index contributed by atoms with van der Waals surface area (Å²) < 4.78 is 8.39. The number of aliphatic hydroxyl groups is 1. The molecule has 4 heterocycles. The molecule has 1 spiro atoms. The van der Waals surface area contributed by atoms with Gasteiger partial charge in [0.15, 0.2) is 0 Å². The molecule has 3 aliphatic rings. The largest absolute Gasteiger partial charge is 0.396 e. The monoisotopic (exact) mass is 626 g/mol. The van der Waals surface area contributed by atoms with Crippen molar-refractivity contribution in [1.82, 2.24) is 24.8 Å². The van der Waals surface area contributed by atoms with Gasteiger partial charge in [0.2, 0.25) is 17.7 Å². The Morgan fingerprint density at radius 1 is 1.00 bits per heavy atom. The fraction of sp³-hybridized carbons (Fsp3) is 0.457. The summed E-state index contributed by atoms with van der Waals surface area (Å²) in [4.78, 5) is 48.6. The zero-order chi connectivity index (χ0) is 32.3. The summed E-state index contributed by atoms with van der Waals surface area (Å²) in [6.07, 6.45) is 6.94. The number of aromatic nitrogens is 3. The van der Waals surface area contributed by atoms with E-state index in [0.717, 1.165) is 24.0 Å². The molecule has 242 valence electrons. The molecule has 46 heavy (non-hydrogen) atoms. The molecule has 3 amide bonds. The molecule has 0 saturated carbocycles. The van der Waals surface area contributed by atoms with Crippen molar-refractivity contribution in [2.45, 2.75) is 62.9 Å². The van der Waals surface area contributed by atoms with Crippen LogP contribution in [0.3, 0.4) is 0 Å². The number of nitrogens with zero attached hydrogens (tertiary/aromatic N) is 6. The average molecular weight is 627 g/mol. The number of anilines is 1. The van der Waals surface area contributed by atoms with Gasteiger partial charge in [-0.2, -0.15) is 0 Å². The minimum Gasteiger partial charge on any atom is -0.396 e. The normalized spacial score (nSPS) is 24.7. The van der Waals surface area contributed by atoms with E-state index in [4.69, 9.17) is 4.74 Å². The van der Waals surface area contributed by atoms with Gasteiger partial charge in [-0.15, -0.1) is 18.3 Å². The second-order valence-corrected chi connectivity index (χ2v) is 12.4. The van der Waals surface area contributed by atoms with E-state index in [1.807, 2.05) is 54.6 Å². The molecule has 2 bridgehead atoms. The highest BCUT2D eigenvalue weighted by Gasteiger charge is 2.74. The summed E-state index contributed by atoms with van der Waals surface area (Å²) in [7, 11) is 0. The number of fused-ring (bicyclic) bond motifs is 2. The van der Waals surface area contributed by atoms with E-state index in [9.17, 15) is 19.5 Å². The quantitative estimate of drug-likeness (QED) is 0.202. The Hall–Kier alpha value is -4.35. The van der Waals surface area contributed by atoms with Gasteiger partial charge in [-0.05, 0) is 49.9 Å². The number of ether oxygens (including phenoxy) is 1. The first kappa shape index (κ1) is 31.6. The average Bonchev–Trinajstić information content (AvgIpc) is 3.83. The number of carbonyl (C=O) groups is 3. The fourth-order valence-electron chi connectivity index (χ4n) is 7.67. The third-order valence-electron chi connectivity index (χ3n) is 9.66. The van der Waals surface area contributed by atoms with Crippen molar-refractivity contribution in [3.63, 3.8) is 0 Å². The Bertz CT molecular complexity index is 1590. The van der Waals surface area contributed by atoms with Gasteiger partial charge in [-0.25, -0.2) is 4.68 Å². The van der Waals surface area contributed by atoms with E-state index in [1.54, 1.807) is 31.5 Å². The standard InChI is InChI=1S/C35H42N6O5/c1-3-20-38(24-41-27-17-11-10-16-26(27)36-37-41)34(45)31-35-19-18-28(46-35)29(30(35)33(44)40(31)22-12-5-6-13-23-42)32(43)39(21-4-2)25-14-8-7-9-15-25/h3-4,7-11,14-17,28-31,42H,1-2,5-6,12-13,18-24H2/t28-,29+,30+,31?,35?/m1/s1. The molecule has 3 aliphatic heterocycles. The molecule has 1 N–H and O–H groups in total. The lowest BCUT2D eigenvalue weighted by atomic mass is 9.70. The Morgan fingerprint density at radius 3 is 2.50 bits per heavy atom. The molecule has 11 heteroatoms. The van der Waals surface area contributed by atoms with Gasteiger partial charge in [-0.3, -0.25) is 14.4 Å². The van der Waals surface area contributed by atoms with Crippen LogP contribution in [0.5, 0.6) is 0 Å². The number of likely N-dealkylation sites (tertiary alicyclic amines) is 1. The topological polar surface area (TPSA) is 121 Å². The lowest BCUT2D eigenvalue weighted by Gasteiger charge is -2.37. The summed E-state index contributed by atoms with van der Waals surface area (Å²) in [5.41, 5.74) is 1.11. The SMILES string of the molecule is C=CCN(Cn1nnc2ccccc21)C(=O)C1N(CCCCCCO)C(=O)[C@@H]2[C@@H](C(=O)N(CC=C)c3ccccc3)[C@H]3CCC12O3. The lowest BCUT2D eigenvalue weighted by Crippen LogP contribution is -2.56. The highest BCUT2D eigenvalue weighted by Crippen LogP contribution is 2.59. The smallest absolute Gasteiger partial charge is 0.250 e. The number of para-hydroxylation sites is 2. The Kier molecular flexibility index (Phi) is 9.32. The van der Waals surface area contributed by atoms with Crippen LogP contribution in [0.1, 0.15) is 38.5 Å². The molecule has 3 fully saturated rings. The van der Waals surface area contributed by atoms with Gasteiger partial charge in [0, 0.05) is 31.9 Å². The summed E-state index contributed by atoms with van der Waals surface area (Å²) in [6.45, 7) is 8.87. The zero-order valence-corrected chi connectivity index (χ0v) is 26.1. The lowest BCUT2D eigenvalue weighted by molar-refractivity contribution is -0.149. The van der Waals surface area contributed by atoms with Gasteiger partial charge < -0.3 is 24.5 Å². The van der Waals surface area contributed by atoms with Crippen LogP contribution in [0, 0.1) is 11.8 Å². The zero-order valence-electron chi connectivity index (χ0n) is 26.1. The molecule has 2 unspecified atom stereocenters. The maximum absolute atomic E-state index is 14.7. The predicted molar refractivity (Wildman–Crippen MR) is 173 cm³/mol. The van der Waals surface area contributed by atoms with Crippen LogP contribution in [0.25, 0.3) is 11.0 Å². The summed E-state index contributed by atoms with van der Waals surface area (Å²) in [5, 5.41) is 17.8. The van der Waals surface area contributed by atoms with E-state index < -0.39 is 29.6 Å². The second-order valence-electron chi connectivity index (χ2n) is 12.4. The van der Waals surface area contributed by atoms with Crippen LogP contribution in [0.2, 0.25) is 0 Å². The van der Waals surface area contributed by atoms with Gasteiger partial charge in [-0.1, -0.05) is 60.5 Å². The van der Waals surface area contributed by atoms with Crippen LogP contribution in [0.15, 0.2) is 79.9 Å². The molecular formula is C35H42N6O5. The number of carbonyl (C=O) groups excluding carboxylic acids is 3. The highest BCUT2D eigenvalue weighted by molar-refractivity contribution is 6.03. The molecular weight excluding hydrogens is 584 g/mol. The first-order chi connectivity index (χ1) is 22.4. The van der Waals surface area contributed by atoms with Crippen LogP contribution in [-0.4, -0.2) is 91.6 Å². The molecule has 3 saturated heterocycles. The van der Waals surface area contributed by atoms with Crippen molar-refractivity contribution in [2.24, 2.45) is 11.8 Å². The Balaban J connectivity index is 1.34. The molecule has 6 rings (SSSR count). The number of unbranched alkanes of at least 4 members (excludes halogenated alkanes) is 3. The van der Waals surface area contributed by atoms with E-state index in [2.05, 4.69) is 23.5 Å². The van der Waals surface area contributed by atoms with E-state index in [1.165, 1.54) is 0 Å². The van der Waals surface area contributed by atoms with Crippen LogP contribution in [0.4, 0.5) is 5.69 Å². The van der Waals surface area contributed by atoms with E-state index >= 15 is 0 Å². The van der Waals surface area contributed by atoms with Crippen molar-refractivity contribution in [2.75, 3.05) is 31.1 Å². The molecule has 11 nitrogen and oxygen atoms in total. The van der Waals surface area contributed by atoms with Gasteiger partial charge in [0.1, 0.15) is 23.8 Å². The number of rotatable bonds is 15. The molecule has 1 aromatic heterocycles. The highest BCUT2D eigenvalue weighted by atomic mass is 16.5. The van der Waals surface area contributed by atoms with Gasteiger partial charge in [0.25, 0.3) is 0 Å². The minimum atomic E-state index is -1.12. The van der Waals surface area contributed by atoms with Crippen molar-refractivity contribution >= 4 is 34.4 Å². The molecule has 0 aliphatic carbocycles. The predicted octanol–water partition coefficient (Wildman–Crippen LogP) is 3.55. The first-order valence-corrected chi connectivity index (χ1v) is 16.2. The Morgan fingerprint density at radius 2 is 1.74 bits per heavy atom. The summed E-state index contributed by atoms with van der Waals surface area (Å²) >= 11 is 0. The molecule has 3 aromatic rings. The van der Waals surface area contributed by atoms with Gasteiger partial charge >= 0.3 is 0 Å². The van der Waals surface area contributed by atoms with Gasteiger partial charge in [0.05, 0.1) is 23.5 Å². The number of aliphatic hydroxyl groups excluding tert-OH is 1.